The van der Waals surface area contributed by atoms with E-state index in [0.29, 0.717) is 0 Å². The molecule has 0 saturated carbocycles. The zero-order valence-corrected chi connectivity index (χ0v) is 4.83. The van der Waals surface area contributed by atoms with E-state index in [9.17, 15) is 4.39 Å². The fourth-order valence-corrected chi connectivity index (χ4v) is 1.60. The van der Waals surface area contributed by atoms with E-state index in [2.05, 4.69) is 0 Å². The molecule has 0 nitrogen and oxygen atoms in total. The van der Waals surface area contributed by atoms with Gasteiger partial charge in [0.25, 0.3) is 0 Å². The first-order valence-electron chi connectivity index (χ1n) is 2.34. The summed E-state index contributed by atoms with van der Waals surface area (Å²) in [5.74, 6) is -0.0764. The first-order valence-corrected chi connectivity index (χ1v) is 3.15. The maximum absolute atomic E-state index is 12.3. The summed E-state index contributed by atoms with van der Waals surface area (Å²) in [5, 5.41) is 0. The van der Waals surface area contributed by atoms with Crippen LogP contribution in [0.1, 0.15) is 0 Å². The third-order valence-electron chi connectivity index (χ3n) is 1.13. The predicted molar refractivity (Wildman–Crippen MR) is 33.0 cm³/mol. The molecule has 2 aromatic heterocycles. The summed E-state index contributed by atoms with van der Waals surface area (Å²) in [4.78, 5) is 0. The molecule has 0 aliphatic heterocycles. The van der Waals surface area contributed by atoms with Crippen molar-refractivity contribution in [3.8, 4) is 0 Å². The summed E-state index contributed by atoms with van der Waals surface area (Å²) in [6.07, 6.45) is 0. The Labute approximate surface area is 49.9 Å². The van der Waals surface area contributed by atoms with Gasteiger partial charge in [0.15, 0.2) is 0 Å². The lowest BCUT2D eigenvalue weighted by Crippen LogP contribution is -1.61. The molecule has 0 radical (unpaired) electrons. The maximum atomic E-state index is 12.3. The molecule has 0 unspecified atom stereocenters. The van der Waals surface area contributed by atoms with Gasteiger partial charge in [0, 0.05) is 4.70 Å². The summed E-state index contributed by atoms with van der Waals surface area (Å²) < 4.78 is 14.1. The minimum atomic E-state index is -0.0764. The predicted octanol–water partition coefficient (Wildman–Crippen LogP) is 2.48. The smallest absolute Gasteiger partial charge is 0.141 e. The van der Waals surface area contributed by atoms with Crippen molar-refractivity contribution in [1.82, 2.24) is 0 Å². The van der Waals surface area contributed by atoms with Crippen molar-refractivity contribution in [3.05, 3.63) is 24.0 Å². The van der Waals surface area contributed by atoms with E-state index in [0.717, 1.165) is 9.40 Å². The van der Waals surface area contributed by atoms with E-state index < -0.39 is 0 Å². The molecule has 2 heteroatoms. The molecule has 0 aromatic carbocycles. The summed E-state index contributed by atoms with van der Waals surface area (Å²) in [7, 11) is 0. The van der Waals surface area contributed by atoms with Crippen LogP contribution in [0.4, 0.5) is 4.39 Å². The van der Waals surface area contributed by atoms with Gasteiger partial charge in [0.05, 0.1) is 4.70 Å². The van der Waals surface area contributed by atoms with E-state index >= 15 is 0 Å². The second-order valence-corrected chi connectivity index (χ2v) is 2.81. The Morgan fingerprint density at radius 3 is 2.50 bits per heavy atom. The zero-order valence-electron chi connectivity index (χ0n) is 4.02. The number of hydrogen-bond acceptors (Lipinski definition) is 1. The van der Waals surface area contributed by atoms with E-state index in [-0.39, 0.29) is 5.82 Å². The Morgan fingerprint density at radius 1 is 1.38 bits per heavy atom. The first-order chi connectivity index (χ1) is 3.86. The van der Waals surface area contributed by atoms with Crippen LogP contribution in [-0.4, -0.2) is 0 Å². The Bertz CT molecular complexity index is 286. The Kier molecular flexibility index (Phi) is 0.641. The molecule has 0 atom stereocenters. The van der Waals surface area contributed by atoms with Crippen LogP contribution in [0.5, 0.6) is 0 Å². The van der Waals surface area contributed by atoms with Crippen LogP contribution in [0.2, 0.25) is 0 Å². The topological polar surface area (TPSA) is 0 Å². The van der Waals surface area contributed by atoms with Gasteiger partial charge in [-0.25, -0.2) is 4.39 Å². The van der Waals surface area contributed by atoms with Crippen LogP contribution >= 0.6 is 11.3 Å². The monoisotopic (exact) mass is 126 g/mol. The Balaban J connectivity index is 3.02. The average molecular weight is 126 g/mol. The minimum absolute atomic E-state index is 0.0764. The van der Waals surface area contributed by atoms with Gasteiger partial charge in [0.1, 0.15) is 5.82 Å². The molecule has 40 valence electrons. The van der Waals surface area contributed by atoms with E-state index in [1.165, 1.54) is 11.3 Å². The summed E-state index contributed by atoms with van der Waals surface area (Å²) >= 11 is 1.49. The van der Waals surface area contributed by atoms with Gasteiger partial charge in [-0.2, -0.15) is 0 Å². The van der Waals surface area contributed by atoms with Gasteiger partial charge in [-0.15, -0.1) is 11.3 Å². The van der Waals surface area contributed by atoms with Crippen LogP contribution in [0.15, 0.2) is 18.2 Å². The highest BCUT2D eigenvalue weighted by Gasteiger charge is 2.01. The van der Waals surface area contributed by atoms with Crippen molar-refractivity contribution >= 4 is 20.7 Å². The number of rotatable bonds is 0. The third-order valence-corrected chi connectivity index (χ3v) is 2.17. The second kappa shape index (κ2) is 1.20. The first kappa shape index (κ1) is 4.27. The molecule has 2 heterocycles. The number of fused-ring (bicyclic) bond motifs is 2. The van der Waals surface area contributed by atoms with Gasteiger partial charge < -0.3 is 0 Å². The molecule has 0 fully saturated rings. The molecule has 8 heavy (non-hydrogen) atoms. The molecule has 0 aliphatic rings. The van der Waals surface area contributed by atoms with Crippen molar-refractivity contribution in [3.63, 3.8) is 0 Å². The average Bonchev–Trinajstić information content (AvgIpc) is 2.23. The largest absolute Gasteiger partial charge is 0.205 e. The minimum Gasteiger partial charge on any atom is -0.205 e. The van der Waals surface area contributed by atoms with Crippen molar-refractivity contribution in [2.75, 3.05) is 0 Å². The molecule has 0 N–H and O–H groups in total. The van der Waals surface area contributed by atoms with Crippen molar-refractivity contribution in [1.29, 1.82) is 0 Å². The molecule has 0 saturated heterocycles. The van der Waals surface area contributed by atoms with Crippen molar-refractivity contribution in [2.45, 2.75) is 0 Å². The fraction of sp³-hybridized carbons (Fsp3) is 0. The molecular weight excluding hydrogens is 123 g/mol. The number of thiophene rings is 2. The lowest BCUT2D eigenvalue weighted by molar-refractivity contribution is 0.643. The molecule has 2 aromatic rings. The lowest BCUT2D eigenvalue weighted by Gasteiger charge is -1.75. The van der Waals surface area contributed by atoms with Gasteiger partial charge >= 0.3 is 0 Å². The standard InChI is InChI=1S/C6H3FS/c7-5-3-4-1-2-6(5)8-4/h1-3H. The molecule has 0 amide bonds. The summed E-state index contributed by atoms with van der Waals surface area (Å²) in [5.41, 5.74) is 0. The number of benzene rings is 1. The van der Waals surface area contributed by atoms with Gasteiger partial charge in [-0.05, 0) is 18.2 Å². The van der Waals surface area contributed by atoms with Crippen molar-refractivity contribution < 1.29 is 4.39 Å². The van der Waals surface area contributed by atoms with Crippen LogP contribution in [0.3, 0.4) is 0 Å². The molecule has 2 rings (SSSR count). The lowest BCUT2D eigenvalue weighted by atomic mass is 10.4. The quantitative estimate of drug-likeness (QED) is 0.508. The second-order valence-electron chi connectivity index (χ2n) is 1.69. The van der Waals surface area contributed by atoms with Crippen molar-refractivity contribution in [2.24, 2.45) is 0 Å². The van der Waals surface area contributed by atoms with E-state index in [1.54, 1.807) is 12.1 Å². The van der Waals surface area contributed by atoms with Gasteiger partial charge in [-0.1, -0.05) is 0 Å². The van der Waals surface area contributed by atoms with Gasteiger partial charge in [-0.3, -0.25) is 0 Å². The summed E-state index contributed by atoms with van der Waals surface area (Å²) in [6.45, 7) is 0. The van der Waals surface area contributed by atoms with Crippen LogP contribution < -0.4 is 0 Å². The van der Waals surface area contributed by atoms with Crippen LogP contribution in [0.25, 0.3) is 9.40 Å². The number of halogens is 1. The number of hydrogen-bond donors (Lipinski definition) is 0. The summed E-state index contributed by atoms with van der Waals surface area (Å²) in [6, 6.07) is 5.28. The zero-order chi connectivity index (χ0) is 5.56. The van der Waals surface area contributed by atoms with Crippen LogP contribution in [0, 0.1) is 5.82 Å². The Hall–Kier alpha value is -0.630. The van der Waals surface area contributed by atoms with Gasteiger partial charge in [0.2, 0.25) is 0 Å². The van der Waals surface area contributed by atoms with Crippen LogP contribution in [-0.2, 0) is 0 Å². The maximum Gasteiger partial charge on any atom is 0.141 e. The highest BCUT2D eigenvalue weighted by Crippen LogP contribution is 2.26. The molecular formula is C6H3FS. The highest BCUT2D eigenvalue weighted by molar-refractivity contribution is 7.24. The molecule has 2 bridgehead atoms. The Morgan fingerprint density at radius 2 is 2.25 bits per heavy atom. The van der Waals surface area contributed by atoms with E-state index in [4.69, 9.17) is 0 Å². The third kappa shape index (κ3) is 0.383. The van der Waals surface area contributed by atoms with E-state index in [1.807, 2.05) is 6.07 Å². The SMILES string of the molecule is Fc1cc2ccc1s2. The normalized spacial score (nSPS) is 11.1. The molecule has 0 spiro atoms. The molecule has 0 aliphatic carbocycles. The highest BCUT2D eigenvalue weighted by atomic mass is 32.1. The fourth-order valence-electron chi connectivity index (χ4n) is 0.755.